The largest absolute Gasteiger partial charge is 0.373 e. The Balaban J connectivity index is 1.58. The van der Waals surface area contributed by atoms with Crippen LogP contribution in [0.25, 0.3) is 0 Å². The highest BCUT2D eigenvalue weighted by molar-refractivity contribution is 9.10. The lowest BCUT2D eigenvalue weighted by atomic mass is 10.2. The molecule has 2 N–H and O–H groups in total. The van der Waals surface area contributed by atoms with Gasteiger partial charge >= 0.3 is 0 Å². The summed E-state index contributed by atoms with van der Waals surface area (Å²) in [6, 6.07) is 1.74. The number of halogens is 1. The maximum Gasteiger partial charge on any atom is 0.273 e. The van der Waals surface area contributed by atoms with Gasteiger partial charge in [-0.15, -0.1) is 11.3 Å². The first-order chi connectivity index (χ1) is 11.0. The van der Waals surface area contributed by atoms with Gasteiger partial charge < -0.3 is 9.72 Å². The first-order valence-electron chi connectivity index (χ1n) is 7.47. The van der Waals surface area contributed by atoms with Crippen LogP contribution in [0.3, 0.4) is 0 Å². The monoisotopic (exact) mass is 398 g/mol. The minimum atomic E-state index is -0.190. The number of carbonyl (C=O) groups is 1. The molecule has 0 aromatic carbocycles. The zero-order valence-corrected chi connectivity index (χ0v) is 15.4. The van der Waals surface area contributed by atoms with E-state index >= 15 is 0 Å². The molecule has 2 unspecified atom stereocenters. The quantitative estimate of drug-likeness (QED) is 0.829. The van der Waals surface area contributed by atoms with Crippen LogP contribution in [0.15, 0.2) is 22.1 Å². The van der Waals surface area contributed by atoms with E-state index in [4.69, 9.17) is 4.74 Å². The maximum absolute atomic E-state index is 12.1. The van der Waals surface area contributed by atoms with Gasteiger partial charge in [0.25, 0.3) is 5.91 Å². The number of morpholine rings is 1. The SMILES string of the molecule is CC1CN(Cc2csc(NC(=O)c3cc(Br)c[nH]3)n2)CC(C)O1. The molecule has 0 radical (unpaired) electrons. The highest BCUT2D eigenvalue weighted by atomic mass is 79.9. The van der Waals surface area contributed by atoms with Crippen LogP contribution < -0.4 is 5.32 Å². The van der Waals surface area contributed by atoms with E-state index in [1.54, 1.807) is 12.3 Å². The summed E-state index contributed by atoms with van der Waals surface area (Å²) in [5, 5.41) is 5.43. The third kappa shape index (κ3) is 4.41. The summed E-state index contributed by atoms with van der Waals surface area (Å²) >= 11 is 4.76. The van der Waals surface area contributed by atoms with Gasteiger partial charge in [0.2, 0.25) is 0 Å². The van der Waals surface area contributed by atoms with Crippen molar-refractivity contribution in [1.82, 2.24) is 14.9 Å². The number of H-pyrrole nitrogens is 1. The van der Waals surface area contributed by atoms with Gasteiger partial charge in [-0.2, -0.15) is 0 Å². The molecule has 6 nitrogen and oxygen atoms in total. The van der Waals surface area contributed by atoms with E-state index < -0.39 is 0 Å². The van der Waals surface area contributed by atoms with Gasteiger partial charge in [0, 0.05) is 35.7 Å². The summed E-state index contributed by atoms with van der Waals surface area (Å²) < 4.78 is 6.58. The standard InChI is InChI=1S/C15H19BrN4O2S/c1-9-5-20(6-10(2)22-9)7-12-8-23-15(18-12)19-14(21)13-3-11(16)4-17-13/h3-4,8-10,17H,5-7H2,1-2H3,(H,18,19,21). The molecule has 2 aromatic rings. The van der Waals surface area contributed by atoms with Crippen molar-refractivity contribution in [3.63, 3.8) is 0 Å². The second-order valence-corrected chi connectivity index (χ2v) is 7.55. The second-order valence-electron chi connectivity index (χ2n) is 5.78. The van der Waals surface area contributed by atoms with Crippen LogP contribution in [-0.4, -0.2) is 46.1 Å². The van der Waals surface area contributed by atoms with Crippen molar-refractivity contribution in [2.75, 3.05) is 18.4 Å². The van der Waals surface area contributed by atoms with E-state index in [1.807, 2.05) is 5.38 Å². The average Bonchev–Trinajstić information content (AvgIpc) is 3.07. The minimum absolute atomic E-state index is 0.190. The van der Waals surface area contributed by atoms with E-state index in [1.165, 1.54) is 11.3 Å². The molecule has 0 spiro atoms. The van der Waals surface area contributed by atoms with Gasteiger partial charge in [0.05, 0.1) is 17.9 Å². The highest BCUT2D eigenvalue weighted by Crippen LogP contribution is 2.20. The zero-order valence-electron chi connectivity index (χ0n) is 13.0. The molecule has 3 rings (SSSR count). The van der Waals surface area contributed by atoms with Crippen molar-refractivity contribution < 1.29 is 9.53 Å². The number of amides is 1. The van der Waals surface area contributed by atoms with Crippen LogP contribution in [-0.2, 0) is 11.3 Å². The minimum Gasteiger partial charge on any atom is -0.373 e. The van der Waals surface area contributed by atoms with Crippen molar-refractivity contribution >= 4 is 38.3 Å². The maximum atomic E-state index is 12.1. The number of nitrogens with one attached hydrogen (secondary N) is 2. The number of thiazole rings is 1. The van der Waals surface area contributed by atoms with Gasteiger partial charge in [-0.1, -0.05) is 0 Å². The fraction of sp³-hybridized carbons (Fsp3) is 0.467. The normalized spacial score (nSPS) is 22.2. The fourth-order valence-corrected chi connectivity index (χ4v) is 3.78. The third-order valence-electron chi connectivity index (χ3n) is 3.55. The molecule has 1 aliphatic rings. The summed E-state index contributed by atoms with van der Waals surface area (Å²) in [4.78, 5) is 21.8. The first kappa shape index (κ1) is 16.6. The van der Waals surface area contributed by atoms with Crippen LogP contribution in [0.2, 0.25) is 0 Å². The molecule has 23 heavy (non-hydrogen) atoms. The number of rotatable bonds is 4. The summed E-state index contributed by atoms with van der Waals surface area (Å²) in [6.45, 7) is 6.76. The number of hydrogen-bond donors (Lipinski definition) is 2. The van der Waals surface area contributed by atoms with E-state index in [-0.39, 0.29) is 18.1 Å². The Hall–Kier alpha value is -1.22. The lowest BCUT2D eigenvalue weighted by Crippen LogP contribution is -2.44. The molecule has 1 aliphatic heterocycles. The van der Waals surface area contributed by atoms with Crippen molar-refractivity contribution in [3.8, 4) is 0 Å². The summed E-state index contributed by atoms with van der Waals surface area (Å²) in [5.74, 6) is -0.190. The number of aromatic amines is 1. The summed E-state index contributed by atoms with van der Waals surface area (Å²) in [5.41, 5.74) is 1.48. The van der Waals surface area contributed by atoms with Crippen LogP contribution in [0.4, 0.5) is 5.13 Å². The molecule has 8 heteroatoms. The van der Waals surface area contributed by atoms with Crippen molar-refractivity contribution in [1.29, 1.82) is 0 Å². The molecular formula is C15H19BrN4O2S. The molecule has 0 saturated carbocycles. The van der Waals surface area contributed by atoms with Gasteiger partial charge in [-0.3, -0.25) is 15.0 Å². The average molecular weight is 399 g/mol. The number of anilines is 1. The number of ether oxygens (including phenoxy) is 1. The molecular weight excluding hydrogens is 380 g/mol. The Morgan fingerprint density at radius 2 is 2.26 bits per heavy atom. The first-order valence-corrected chi connectivity index (χ1v) is 9.14. The molecule has 1 amide bonds. The van der Waals surface area contributed by atoms with E-state index in [0.29, 0.717) is 10.8 Å². The third-order valence-corrected chi connectivity index (χ3v) is 4.81. The number of hydrogen-bond acceptors (Lipinski definition) is 5. The zero-order chi connectivity index (χ0) is 16.4. The van der Waals surface area contributed by atoms with Gasteiger partial charge in [-0.25, -0.2) is 4.98 Å². The van der Waals surface area contributed by atoms with E-state index in [0.717, 1.165) is 29.8 Å². The highest BCUT2D eigenvalue weighted by Gasteiger charge is 2.22. The van der Waals surface area contributed by atoms with Gasteiger partial charge in [0.15, 0.2) is 5.13 Å². The smallest absolute Gasteiger partial charge is 0.273 e. The molecule has 2 atom stereocenters. The molecule has 0 bridgehead atoms. The number of aromatic nitrogens is 2. The summed E-state index contributed by atoms with van der Waals surface area (Å²) in [6.07, 6.45) is 2.20. The van der Waals surface area contributed by atoms with Crippen LogP contribution in [0, 0.1) is 0 Å². The second kappa shape index (κ2) is 7.12. The molecule has 1 saturated heterocycles. The Kier molecular flexibility index (Phi) is 5.15. The number of nitrogens with zero attached hydrogens (tertiary/aromatic N) is 2. The number of carbonyl (C=O) groups excluding carboxylic acids is 1. The Morgan fingerprint density at radius 1 is 1.52 bits per heavy atom. The Bertz CT molecular complexity index is 677. The lowest BCUT2D eigenvalue weighted by molar-refractivity contribution is -0.0707. The predicted molar refractivity (Wildman–Crippen MR) is 93.8 cm³/mol. The van der Waals surface area contributed by atoms with Crippen molar-refractivity contribution in [3.05, 3.63) is 33.5 Å². The molecule has 1 fully saturated rings. The van der Waals surface area contributed by atoms with Gasteiger partial charge in [0.1, 0.15) is 5.69 Å². The predicted octanol–water partition coefficient (Wildman–Crippen LogP) is 3.10. The molecule has 0 aliphatic carbocycles. The van der Waals surface area contributed by atoms with Crippen LogP contribution in [0.5, 0.6) is 0 Å². The Morgan fingerprint density at radius 3 is 2.91 bits per heavy atom. The van der Waals surface area contributed by atoms with Crippen molar-refractivity contribution in [2.45, 2.75) is 32.6 Å². The molecule has 2 aromatic heterocycles. The van der Waals surface area contributed by atoms with Crippen LogP contribution >= 0.6 is 27.3 Å². The molecule has 124 valence electrons. The van der Waals surface area contributed by atoms with Crippen LogP contribution in [0.1, 0.15) is 30.0 Å². The fourth-order valence-electron chi connectivity index (χ4n) is 2.74. The van der Waals surface area contributed by atoms with Gasteiger partial charge in [-0.05, 0) is 35.8 Å². The topological polar surface area (TPSA) is 70.2 Å². The van der Waals surface area contributed by atoms with E-state index in [9.17, 15) is 4.79 Å². The lowest BCUT2D eigenvalue weighted by Gasteiger charge is -2.34. The molecule has 3 heterocycles. The summed E-state index contributed by atoms with van der Waals surface area (Å²) in [7, 11) is 0. The van der Waals surface area contributed by atoms with E-state index in [2.05, 4.69) is 50.0 Å². The van der Waals surface area contributed by atoms with Crippen molar-refractivity contribution in [2.24, 2.45) is 0 Å². The Labute approximate surface area is 147 Å².